The largest absolute Gasteiger partial charge is 0.501 e. The van der Waals surface area contributed by atoms with Crippen LogP contribution in [0.3, 0.4) is 0 Å². The molecule has 0 aliphatic carbocycles. The van der Waals surface area contributed by atoms with E-state index in [0.29, 0.717) is 5.56 Å². The predicted molar refractivity (Wildman–Crippen MR) is 270 cm³/mol. The summed E-state index contributed by atoms with van der Waals surface area (Å²) in [6.45, 7) is 7.10. The van der Waals surface area contributed by atoms with Crippen LogP contribution < -0.4 is 0 Å². The van der Waals surface area contributed by atoms with Crippen LogP contribution in [0.5, 0.6) is 0 Å². The second-order valence-corrected chi connectivity index (χ2v) is 17.0. The molecule has 0 aliphatic heterocycles. The van der Waals surface area contributed by atoms with E-state index in [1.807, 2.05) is 24.3 Å². The third-order valence-electron chi connectivity index (χ3n) is 12.0. The van der Waals surface area contributed by atoms with E-state index in [4.69, 9.17) is 13.5 Å². The van der Waals surface area contributed by atoms with Gasteiger partial charge in [0.05, 0.1) is 22.4 Å². The molecule has 0 bridgehead atoms. The molecule has 66 heavy (non-hydrogen) atoms. The average molecular weight is 1040 g/mol. The Bertz CT molecular complexity index is 3500. The Morgan fingerprint density at radius 3 is 1.83 bits per heavy atom. The van der Waals surface area contributed by atoms with Crippen molar-refractivity contribution in [2.45, 2.75) is 46.4 Å². The molecule has 4 nitrogen and oxygen atoms in total. The number of hydrogen-bond acceptors (Lipinski definition) is 3. The van der Waals surface area contributed by atoms with Gasteiger partial charge in [-0.15, -0.1) is 53.6 Å². The number of aromatic nitrogens is 3. The number of nitrogens with zero attached hydrogens (tertiary/aromatic N) is 3. The maximum atomic E-state index is 7.25. The molecule has 3 heterocycles. The maximum absolute atomic E-state index is 7.25. The summed E-state index contributed by atoms with van der Waals surface area (Å²) in [5.74, 6) is 1.35. The average Bonchev–Trinajstić information content (AvgIpc) is 3.95. The molecule has 3 aromatic heterocycles. The smallest absolute Gasteiger partial charge is 0.120 e. The summed E-state index contributed by atoms with van der Waals surface area (Å²) in [6.07, 6.45) is 1.70. The Balaban J connectivity index is 0.000000296. The number of hydrogen-bond donors (Lipinski definition) is 0. The van der Waals surface area contributed by atoms with Crippen molar-refractivity contribution in [2.75, 3.05) is 0 Å². The first-order valence-corrected chi connectivity index (χ1v) is 22.2. The molecule has 0 amide bonds. The summed E-state index contributed by atoms with van der Waals surface area (Å²) in [5.41, 5.74) is 17.4. The summed E-state index contributed by atoms with van der Waals surface area (Å²) in [7, 11) is 0. The van der Waals surface area contributed by atoms with E-state index < -0.39 is 6.85 Å². The Hall–Kier alpha value is -7.17. The van der Waals surface area contributed by atoms with Gasteiger partial charge < -0.3 is 14.0 Å². The van der Waals surface area contributed by atoms with Crippen LogP contribution in [0.1, 0.15) is 60.3 Å². The van der Waals surface area contributed by atoms with Crippen molar-refractivity contribution in [1.29, 1.82) is 0 Å². The van der Waals surface area contributed by atoms with Crippen LogP contribution in [0.4, 0.5) is 0 Å². The quantitative estimate of drug-likeness (QED) is 0.142. The molecule has 0 saturated carbocycles. The van der Waals surface area contributed by atoms with Crippen LogP contribution in [-0.4, -0.2) is 14.5 Å². The molecule has 0 saturated heterocycles. The summed E-state index contributed by atoms with van der Waals surface area (Å²) in [4.78, 5) is 9.51. The molecule has 325 valence electrons. The topological polar surface area (TPSA) is 43.9 Å². The fraction of sp³-hybridized carbons (Fsp3) is 0.115. The molecule has 11 aromatic rings. The first-order chi connectivity index (χ1) is 33.0. The third kappa shape index (κ3) is 8.68. The SMILES string of the molecule is CC(C)c1cc(-c2ccc(-c3ccccc3)cc2)cc(C(C)C)c1-n1c(-c2[c-]ccc3c2oc2ccc(-c4ccccc4)cc23)nc2ccccc21.[2H]C([2H])([2H])c1c[c-]c(-c2ccccn2)cc1.[Ir]. The van der Waals surface area contributed by atoms with Gasteiger partial charge in [-0.1, -0.05) is 161 Å². The number of para-hydroxylation sites is 2. The van der Waals surface area contributed by atoms with E-state index in [9.17, 15) is 0 Å². The van der Waals surface area contributed by atoms with Gasteiger partial charge in [-0.25, -0.2) is 0 Å². The standard InChI is InChI=1S/C49H39N2O.C12H10N.Ir/c1-31(2)41-29-38(36-24-22-35(23-25-36)33-14-7-5-8-15-33)30-42(32(3)4)47(41)51-45-21-12-11-20-44(45)50-49(51)40-19-13-18-39-43-28-37(34-16-9-6-10-17-34)26-27-46(43)52-48(39)40;1-10-5-7-11(8-6-10)12-4-2-3-9-13-12;/h5-18,20-32H,1-4H3;2-7,9H,1H3;/q2*-1;/i;1D3;. The van der Waals surface area contributed by atoms with E-state index in [2.05, 4.69) is 195 Å². The van der Waals surface area contributed by atoms with E-state index in [0.717, 1.165) is 61.2 Å². The molecule has 0 atom stereocenters. The minimum absolute atomic E-state index is 0. The number of imidazole rings is 1. The summed E-state index contributed by atoms with van der Waals surface area (Å²) < 4.78 is 30.8. The number of rotatable bonds is 8. The van der Waals surface area contributed by atoms with Gasteiger partial charge in [0.15, 0.2) is 0 Å². The first kappa shape index (κ1) is 40.3. The molecule has 0 fully saturated rings. The van der Waals surface area contributed by atoms with Gasteiger partial charge in [-0.05, 0) is 105 Å². The minimum Gasteiger partial charge on any atom is -0.501 e. The van der Waals surface area contributed by atoms with E-state index >= 15 is 0 Å². The Labute approximate surface area is 405 Å². The number of benzene rings is 8. The zero-order valence-electron chi connectivity index (χ0n) is 40.2. The van der Waals surface area contributed by atoms with Gasteiger partial charge in [0.2, 0.25) is 0 Å². The zero-order chi connectivity index (χ0) is 46.9. The summed E-state index contributed by atoms with van der Waals surface area (Å²) >= 11 is 0. The van der Waals surface area contributed by atoms with Crippen molar-refractivity contribution < 1.29 is 28.6 Å². The molecule has 0 aliphatic rings. The van der Waals surface area contributed by atoms with Crippen molar-refractivity contribution in [3.63, 3.8) is 0 Å². The fourth-order valence-electron chi connectivity index (χ4n) is 8.72. The number of furan rings is 1. The molecule has 1 radical (unpaired) electrons. The van der Waals surface area contributed by atoms with Crippen LogP contribution in [0.25, 0.3) is 94.7 Å². The van der Waals surface area contributed by atoms with Crippen LogP contribution in [0.2, 0.25) is 0 Å². The van der Waals surface area contributed by atoms with E-state index in [1.54, 1.807) is 18.3 Å². The van der Waals surface area contributed by atoms with Crippen molar-refractivity contribution in [3.8, 4) is 61.7 Å². The van der Waals surface area contributed by atoms with E-state index in [1.165, 1.54) is 50.7 Å². The molecular formula is C61H49IrN3O-2. The molecule has 0 unspecified atom stereocenters. The molecule has 0 N–H and O–H groups in total. The number of pyridine rings is 1. The zero-order valence-corrected chi connectivity index (χ0v) is 39.6. The fourth-order valence-corrected chi connectivity index (χ4v) is 8.72. The van der Waals surface area contributed by atoms with Gasteiger partial charge in [0.25, 0.3) is 0 Å². The molecular weight excluding hydrogens is 983 g/mol. The first-order valence-electron chi connectivity index (χ1n) is 23.7. The Morgan fingerprint density at radius 1 is 0.576 bits per heavy atom. The Kier molecular flexibility index (Phi) is 11.7. The van der Waals surface area contributed by atoms with Crippen LogP contribution in [0.15, 0.2) is 199 Å². The third-order valence-corrected chi connectivity index (χ3v) is 12.0. The molecule has 11 rings (SSSR count). The van der Waals surface area contributed by atoms with Crippen LogP contribution in [-0.2, 0) is 20.1 Å². The van der Waals surface area contributed by atoms with Gasteiger partial charge in [0.1, 0.15) is 5.58 Å². The molecule has 8 aromatic carbocycles. The van der Waals surface area contributed by atoms with Crippen LogP contribution in [0, 0.1) is 19.0 Å². The van der Waals surface area contributed by atoms with E-state index in [-0.39, 0.29) is 31.9 Å². The van der Waals surface area contributed by atoms with Crippen molar-refractivity contribution in [2.24, 2.45) is 0 Å². The molecule has 0 spiro atoms. The van der Waals surface area contributed by atoms with Crippen molar-refractivity contribution in [3.05, 3.63) is 223 Å². The van der Waals surface area contributed by atoms with Gasteiger partial charge in [0, 0.05) is 41.5 Å². The van der Waals surface area contributed by atoms with Gasteiger partial charge in [-0.3, -0.25) is 4.98 Å². The predicted octanol–water partition coefficient (Wildman–Crippen LogP) is 16.5. The minimum atomic E-state index is -2.07. The second kappa shape index (κ2) is 19.1. The number of fused-ring (bicyclic) bond motifs is 4. The van der Waals surface area contributed by atoms with Gasteiger partial charge in [-0.2, -0.15) is 0 Å². The van der Waals surface area contributed by atoms with Gasteiger partial charge >= 0.3 is 0 Å². The summed E-state index contributed by atoms with van der Waals surface area (Å²) in [6, 6.07) is 70.8. The molecule has 5 heteroatoms. The Morgan fingerprint density at radius 2 is 1.20 bits per heavy atom. The normalized spacial score (nSPS) is 12.1. The number of aryl methyl sites for hydroxylation is 1. The van der Waals surface area contributed by atoms with Crippen LogP contribution >= 0.6 is 0 Å². The maximum Gasteiger partial charge on any atom is 0.120 e. The van der Waals surface area contributed by atoms with Crippen molar-refractivity contribution >= 4 is 33.0 Å². The summed E-state index contributed by atoms with van der Waals surface area (Å²) in [5, 5.41) is 2.14. The second-order valence-electron chi connectivity index (χ2n) is 17.0. The monoisotopic (exact) mass is 1040 g/mol. The van der Waals surface area contributed by atoms with Crippen molar-refractivity contribution in [1.82, 2.24) is 14.5 Å².